The van der Waals surface area contributed by atoms with Gasteiger partial charge in [0.05, 0.1) is 29.2 Å². The molecule has 7 nitrogen and oxygen atoms in total. The van der Waals surface area contributed by atoms with E-state index in [1.54, 1.807) is 0 Å². The average molecular weight is 526 g/mol. The van der Waals surface area contributed by atoms with Crippen LogP contribution >= 0.6 is 28.3 Å². The highest BCUT2D eigenvalue weighted by Crippen LogP contribution is 2.34. The maximum Gasteiger partial charge on any atom is 0.573 e. The van der Waals surface area contributed by atoms with Crippen LogP contribution in [0.15, 0.2) is 47.2 Å². The van der Waals surface area contributed by atoms with Gasteiger partial charge in [-0.05, 0) is 30.3 Å². The molecule has 31 heavy (non-hydrogen) atoms. The molecule has 0 amide bonds. The normalized spacial score (nSPS) is 11.0. The molecule has 3 rings (SSSR count). The first kappa shape index (κ1) is 24.4. The van der Waals surface area contributed by atoms with E-state index in [-0.39, 0.29) is 41.8 Å². The van der Waals surface area contributed by atoms with Crippen molar-refractivity contribution in [2.24, 2.45) is 0 Å². The number of aromatic nitrogens is 3. The Kier molecular flexibility index (Phi) is 7.85. The molecule has 1 aromatic carbocycles. The lowest BCUT2D eigenvalue weighted by atomic mass is 10.2. The summed E-state index contributed by atoms with van der Waals surface area (Å²) in [5, 5.41) is 11.8. The van der Waals surface area contributed by atoms with Gasteiger partial charge in [0.2, 0.25) is 5.95 Å². The van der Waals surface area contributed by atoms with Crippen LogP contribution in [0.5, 0.6) is 5.75 Å². The molecule has 0 bridgehead atoms. The van der Waals surface area contributed by atoms with Crippen LogP contribution in [0.25, 0.3) is 11.4 Å². The van der Waals surface area contributed by atoms with Crippen LogP contribution in [0.3, 0.4) is 0 Å². The van der Waals surface area contributed by atoms with E-state index in [2.05, 4.69) is 36.0 Å². The number of hydrogen-bond acceptors (Lipinski definition) is 5. The molecule has 2 heterocycles. The molecular weight excluding hydrogens is 512 g/mol. The number of hydrogen-bond donors (Lipinski definition) is 2. The van der Waals surface area contributed by atoms with Crippen molar-refractivity contribution in [3.8, 4) is 17.1 Å². The fourth-order valence-electron chi connectivity index (χ4n) is 2.61. The van der Waals surface area contributed by atoms with Crippen molar-refractivity contribution in [3.63, 3.8) is 0 Å². The molecule has 0 atom stereocenters. The molecule has 2 aromatic heterocycles. The van der Waals surface area contributed by atoms with E-state index < -0.39 is 24.8 Å². The number of alkyl halides is 4. The van der Waals surface area contributed by atoms with Crippen LogP contribution < -0.4 is 10.1 Å². The number of carbonyl (C=O) groups is 1. The maximum absolute atomic E-state index is 12.8. The molecule has 0 unspecified atom stereocenters. The second-order valence-corrected chi connectivity index (χ2v) is 6.80. The second-order valence-electron chi connectivity index (χ2n) is 5.88. The minimum absolute atomic E-state index is 0. The molecule has 0 spiro atoms. The summed E-state index contributed by atoms with van der Waals surface area (Å²) in [6.07, 6.45) is -2.29. The topological polar surface area (TPSA) is 89.3 Å². The number of halogens is 6. The van der Waals surface area contributed by atoms with Gasteiger partial charge in [-0.15, -0.1) is 25.6 Å². The van der Waals surface area contributed by atoms with E-state index in [1.807, 2.05) is 0 Å². The molecule has 166 valence electrons. The Labute approximate surface area is 187 Å². The smallest absolute Gasteiger partial charge is 0.478 e. The fraction of sp³-hybridized carbons (Fsp3) is 0.167. The van der Waals surface area contributed by atoms with Gasteiger partial charge < -0.3 is 19.7 Å². The Morgan fingerprint density at radius 2 is 2.00 bits per heavy atom. The lowest BCUT2D eigenvalue weighted by Gasteiger charge is -2.14. The number of carboxylic acids is 1. The van der Waals surface area contributed by atoms with Gasteiger partial charge >= 0.3 is 12.3 Å². The summed E-state index contributed by atoms with van der Waals surface area (Å²) in [7, 11) is 0. The summed E-state index contributed by atoms with van der Waals surface area (Å²) in [6, 6.07) is 6.64. The summed E-state index contributed by atoms with van der Waals surface area (Å²) >= 11 is 3.17. The van der Waals surface area contributed by atoms with Crippen molar-refractivity contribution in [1.29, 1.82) is 0 Å². The zero-order chi connectivity index (χ0) is 21.9. The van der Waals surface area contributed by atoms with Gasteiger partial charge in [-0.1, -0.05) is 15.9 Å². The van der Waals surface area contributed by atoms with E-state index in [1.165, 1.54) is 41.2 Å². The summed E-state index contributed by atoms with van der Waals surface area (Å²) in [5.41, 5.74) is 0.460. The maximum atomic E-state index is 12.8. The third-order valence-electron chi connectivity index (χ3n) is 3.80. The van der Waals surface area contributed by atoms with Gasteiger partial charge in [0.25, 0.3) is 0 Å². The van der Waals surface area contributed by atoms with Crippen molar-refractivity contribution >= 4 is 45.9 Å². The predicted molar refractivity (Wildman–Crippen MR) is 110 cm³/mol. The monoisotopic (exact) mass is 524 g/mol. The molecule has 13 heteroatoms. The van der Waals surface area contributed by atoms with Crippen LogP contribution in [-0.4, -0.2) is 38.6 Å². The lowest BCUT2D eigenvalue weighted by molar-refractivity contribution is -0.274. The number of aromatic carboxylic acids is 1. The third kappa shape index (κ3) is 6.31. The number of nitrogens with one attached hydrogen (secondary N) is 1. The molecule has 0 aliphatic rings. The highest BCUT2D eigenvalue weighted by atomic mass is 79.9. The van der Waals surface area contributed by atoms with Crippen molar-refractivity contribution in [2.75, 3.05) is 12.0 Å². The van der Waals surface area contributed by atoms with Crippen molar-refractivity contribution < 1.29 is 32.2 Å². The van der Waals surface area contributed by atoms with Gasteiger partial charge in [-0.25, -0.2) is 19.2 Å². The van der Waals surface area contributed by atoms with Crippen LogP contribution in [0.1, 0.15) is 10.4 Å². The SMILES string of the molecule is Cl.O=C(O)c1cc(-c2ccnc(Nc3cc(Br)ccc3OC(F)(F)F)n2)n(CCF)c1. The highest BCUT2D eigenvalue weighted by Gasteiger charge is 2.32. The molecule has 0 aliphatic carbocycles. The summed E-state index contributed by atoms with van der Waals surface area (Å²) in [4.78, 5) is 19.4. The molecule has 0 radical (unpaired) electrons. The van der Waals surface area contributed by atoms with Gasteiger partial charge in [-0.3, -0.25) is 0 Å². The van der Waals surface area contributed by atoms with Gasteiger partial charge in [0.15, 0.2) is 5.75 Å². The Balaban J connectivity index is 0.00000341. The molecular formula is C18H14BrClF4N4O3. The number of anilines is 2. The van der Waals surface area contributed by atoms with E-state index in [9.17, 15) is 27.5 Å². The largest absolute Gasteiger partial charge is 0.573 e. The minimum atomic E-state index is -4.90. The molecule has 0 saturated heterocycles. The van der Waals surface area contributed by atoms with Crippen LogP contribution in [0.2, 0.25) is 0 Å². The number of aryl methyl sites for hydroxylation is 1. The van der Waals surface area contributed by atoms with E-state index >= 15 is 0 Å². The predicted octanol–water partition coefficient (Wildman–Crippen LogP) is 5.44. The first-order chi connectivity index (χ1) is 14.2. The standard InChI is InChI=1S/C18H13BrF4N4O3.ClH/c19-11-1-2-15(30-18(21,22)23)13(8-11)26-17-24-5-3-12(25-17)14-7-10(16(28)29)9-27(14)6-4-20;/h1-3,5,7-9H,4,6H2,(H,28,29)(H,24,25,26);1H. The zero-order valence-electron chi connectivity index (χ0n) is 15.4. The minimum Gasteiger partial charge on any atom is -0.478 e. The Morgan fingerprint density at radius 1 is 1.26 bits per heavy atom. The first-order valence-electron chi connectivity index (χ1n) is 8.31. The highest BCUT2D eigenvalue weighted by molar-refractivity contribution is 9.10. The Bertz CT molecular complexity index is 1080. The molecule has 3 aromatic rings. The molecule has 0 fully saturated rings. The van der Waals surface area contributed by atoms with Crippen LogP contribution in [0, 0.1) is 0 Å². The number of nitrogens with zero attached hydrogens (tertiary/aromatic N) is 3. The summed E-state index contributed by atoms with van der Waals surface area (Å²) in [5.74, 6) is -1.75. The first-order valence-corrected chi connectivity index (χ1v) is 9.11. The number of benzene rings is 1. The number of ether oxygens (including phenoxy) is 1. The number of carboxylic acid groups (broad SMARTS) is 1. The van der Waals surface area contributed by atoms with Gasteiger partial charge in [0, 0.05) is 16.9 Å². The van der Waals surface area contributed by atoms with Crippen molar-refractivity contribution in [1.82, 2.24) is 14.5 Å². The zero-order valence-corrected chi connectivity index (χ0v) is 17.8. The molecule has 0 aliphatic heterocycles. The van der Waals surface area contributed by atoms with Crippen molar-refractivity contribution in [2.45, 2.75) is 12.9 Å². The van der Waals surface area contributed by atoms with Crippen molar-refractivity contribution in [3.05, 3.63) is 52.8 Å². The van der Waals surface area contributed by atoms with E-state index in [0.29, 0.717) is 10.2 Å². The Hall–Kier alpha value is -2.86. The quantitative estimate of drug-likeness (QED) is 0.400. The lowest BCUT2D eigenvalue weighted by Crippen LogP contribution is -2.18. The molecule has 0 saturated carbocycles. The fourth-order valence-corrected chi connectivity index (χ4v) is 2.98. The van der Waals surface area contributed by atoms with Crippen LogP contribution in [-0.2, 0) is 6.54 Å². The molecule has 2 N–H and O–H groups in total. The van der Waals surface area contributed by atoms with E-state index in [4.69, 9.17) is 0 Å². The van der Waals surface area contributed by atoms with Gasteiger partial charge in [0.1, 0.15) is 6.67 Å². The van der Waals surface area contributed by atoms with Gasteiger partial charge in [-0.2, -0.15) is 0 Å². The number of rotatable bonds is 7. The summed E-state index contributed by atoms with van der Waals surface area (Å²) in [6.45, 7) is -0.822. The van der Waals surface area contributed by atoms with E-state index in [0.717, 1.165) is 6.07 Å². The average Bonchev–Trinajstić information content (AvgIpc) is 3.08. The summed E-state index contributed by atoms with van der Waals surface area (Å²) < 4.78 is 56.7. The Morgan fingerprint density at radius 3 is 2.65 bits per heavy atom. The second kappa shape index (κ2) is 9.96. The third-order valence-corrected chi connectivity index (χ3v) is 4.29. The van der Waals surface area contributed by atoms with Crippen LogP contribution in [0.4, 0.5) is 29.2 Å².